The number of fused-ring (bicyclic) bond motifs is 1. The Hall–Kier alpha value is -1.88. The van der Waals surface area contributed by atoms with Crippen LogP contribution < -0.4 is 10.3 Å². The largest absolute Gasteiger partial charge is 0.464 e. The van der Waals surface area contributed by atoms with E-state index in [9.17, 15) is 4.79 Å². The molecule has 1 saturated heterocycles. The van der Waals surface area contributed by atoms with Crippen LogP contribution in [0, 0.1) is 5.92 Å². The summed E-state index contributed by atoms with van der Waals surface area (Å²) in [5, 5.41) is 0.578. The van der Waals surface area contributed by atoms with Crippen molar-refractivity contribution in [3.63, 3.8) is 0 Å². The van der Waals surface area contributed by atoms with Crippen LogP contribution in [-0.2, 0) is 4.74 Å². The lowest BCUT2D eigenvalue weighted by Gasteiger charge is -2.09. The van der Waals surface area contributed by atoms with E-state index in [1.165, 1.54) is 0 Å². The van der Waals surface area contributed by atoms with Gasteiger partial charge in [-0.2, -0.15) is 4.98 Å². The van der Waals surface area contributed by atoms with Crippen molar-refractivity contribution in [1.29, 1.82) is 0 Å². The van der Waals surface area contributed by atoms with E-state index in [2.05, 4.69) is 9.97 Å². The van der Waals surface area contributed by atoms with Crippen molar-refractivity contribution in [2.75, 3.05) is 19.8 Å². The average Bonchev–Trinajstić information content (AvgIpc) is 2.90. The predicted molar refractivity (Wildman–Crippen MR) is 66.8 cm³/mol. The number of ether oxygens (including phenoxy) is 2. The van der Waals surface area contributed by atoms with E-state index in [4.69, 9.17) is 9.47 Å². The molecule has 1 N–H and O–H groups in total. The van der Waals surface area contributed by atoms with Gasteiger partial charge in [0.05, 0.1) is 24.1 Å². The summed E-state index contributed by atoms with van der Waals surface area (Å²) >= 11 is 0. The number of hydrogen-bond donors (Lipinski definition) is 1. The van der Waals surface area contributed by atoms with Gasteiger partial charge in [-0.15, -0.1) is 0 Å². The number of rotatable bonds is 3. The minimum Gasteiger partial charge on any atom is -0.464 e. The Kier molecular flexibility index (Phi) is 2.98. The lowest BCUT2D eigenvalue weighted by Crippen LogP contribution is -2.16. The second-order valence-corrected chi connectivity index (χ2v) is 4.43. The predicted octanol–water partition coefficient (Wildman–Crippen LogP) is 1.34. The zero-order valence-electron chi connectivity index (χ0n) is 9.89. The molecule has 0 spiro atoms. The highest BCUT2D eigenvalue weighted by Crippen LogP contribution is 2.14. The van der Waals surface area contributed by atoms with Crippen molar-refractivity contribution in [3.05, 3.63) is 34.6 Å². The van der Waals surface area contributed by atoms with E-state index in [1.807, 2.05) is 12.1 Å². The third kappa shape index (κ3) is 2.22. The van der Waals surface area contributed by atoms with E-state index in [0.29, 0.717) is 23.4 Å². The second kappa shape index (κ2) is 4.78. The van der Waals surface area contributed by atoms with Gasteiger partial charge < -0.3 is 9.47 Å². The van der Waals surface area contributed by atoms with Crippen LogP contribution in [-0.4, -0.2) is 29.8 Å². The van der Waals surface area contributed by atoms with E-state index in [1.54, 1.807) is 12.1 Å². The lowest BCUT2D eigenvalue weighted by molar-refractivity contribution is 0.163. The van der Waals surface area contributed by atoms with Gasteiger partial charge in [-0.05, 0) is 18.6 Å². The van der Waals surface area contributed by atoms with E-state index < -0.39 is 0 Å². The van der Waals surface area contributed by atoms with Gasteiger partial charge in [0, 0.05) is 12.5 Å². The first-order valence-electron chi connectivity index (χ1n) is 6.02. The molecule has 1 aromatic heterocycles. The molecule has 1 aliphatic rings. The molecule has 2 aromatic rings. The fourth-order valence-corrected chi connectivity index (χ4v) is 2.04. The van der Waals surface area contributed by atoms with Gasteiger partial charge in [-0.3, -0.25) is 9.78 Å². The number of hydrogen-bond acceptors (Lipinski definition) is 4. The van der Waals surface area contributed by atoms with Crippen molar-refractivity contribution in [2.24, 2.45) is 5.92 Å². The fourth-order valence-electron chi connectivity index (χ4n) is 2.04. The van der Waals surface area contributed by atoms with Gasteiger partial charge in [0.2, 0.25) is 0 Å². The summed E-state index contributed by atoms with van der Waals surface area (Å²) in [7, 11) is 0. The molecule has 0 unspecified atom stereocenters. The smallest absolute Gasteiger partial charge is 0.297 e. The Morgan fingerprint density at radius 3 is 3.17 bits per heavy atom. The first kappa shape index (κ1) is 11.2. The molecule has 5 heteroatoms. The van der Waals surface area contributed by atoms with Crippen LogP contribution in [0.1, 0.15) is 6.42 Å². The molecule has 1 fully saturated rings. The third-order valence-corrected chi connectivity index (χ3v) is 3.07. The lowest BCUT2D eigenvalue weighted by atomic mass is 10.1. The Balaban J connectivity index is 1.81. The van der Waals surface area contributed by atoms with Gasteiger partial charge in [0.25, 0.3) is 11.6 Å². The fraction of sp³-hybridized carbons (Fsp3) is 0.385. The van der Waals surface area contributed by atoms with Crippen molar-refractivity contribution in [2.45, 2.75) is 6.42 Å². The summed E-state index contributed by atoms with van der Waals surface area (Å²) in [6, 6.07) is 7.50. The summed E-state index contributed by atoms with van der Waals surface area (Å²) in [6.07, 6.45) is 0.998. The maximum atomic E-state index is 11.8. The molecule has 1 aromatic carbocycles. The number of H-pyrrole nitrogens is 1. The molecule has 2 heterocycles. The Labute approximate surface area is 104 Å². The maximum Gasteiger partial charge on any atom is 0.297 e. The highest BCUT2D eigenvalue weighted by molar-refractivity contribution is 5.77. The standard InChI is InChI=1S/C13H14N2O3/c16-12-10-3-1-2-4-11(10)14-13(15-12)18-8-9-5-6-17-7-9/h1-4,9H,5-8H2,(H,14,15,16)/t9-/m1/s1. The van der Waals surface area contributed by atoms with Gasteiger partial charge in [0.1, 0.15) is 0 Å². The number of para-hydroxylation sites is 1. The van der Waals surface area contributed by atoms with Crippen LogP contribution in [0.3, 0.4) is 0 Å². The molecule has 0 radical (unpaired) electrons. The van der Waals surface area contributed by atoms with Gasteiger partial charge in [-0.25, -0.2) is 0 Å². The SMILES string of the molecule is O=c1[nH]c(OC[C@@H]2CCOC2)nc2ccccc12. The molecule has 3 rings (SSSR count). The molecule has 0 amide bonds. The average molecular weight is 246 g/mol. The third-order valence-electron chi connectivity index (χ3n) is 3.07. The molecular weight excluding hydrogens is 232 g/mol. The van der Waals surface area contributed by atoms with E-state index in [0.717, 1.165) is 19.6 Å². The van der Waals surface area contributed by atoms with Crippen molar-refractivity contribution in [1.82, 2.24) is 9.97 Å². The van der Waals surface area contributed by atoms with Gasteiger partial charge in [0.15, 0.2) is 0 Å². The van der Waals surface area contributed by atoms with Crippen LogP contribution >= 0.6 is 0 Å². The number of aromatic amines is 1. The summed E-state index contributed by atoms with van der Waals surface area (Å²) in [5.74, 6) is 0.391. The molecule has 1 aliphatic heterocycles. The van der Waals surface area contributed by atoms with Gasteiger partial charge in [-0.1, -0.05) is 12.1 Å². The molecule has 18 heavy (non-hydrogen) atoms. The molecule has 0 saturated carbocycles. The maximum absolute atomic E-state index is 11.8. The van der Waals surface area contributed by atoms with Gasteiger partial charge >= 0.3 is 0 Å². The Morgan fingerprint density at radius 1 is 1.44 bits per heavy atom. The van der Waals surface area contributed by atoms with Crippen molar-refractivity contribution >= 4 is 10.9 Å². The van der Waals surface area contributed by atoms with Crippen LogP contribution in [0.25, 0.3) is 10.9 Å². The highest BCUT2D eigenvalue weighted by atomic mass is 16.5. The van der Waals surface area contributed by atoms with Crippen LogP contribution in [0.5, 0.6) is 6.01 Å². The van der Waals surface area contributed by atoms with E-state index >= 15 is 0 Å². The zero-order valence-corrected chi connectivity index (χ0v) is 9.89. The number of benzene rings is 1. The first-order chi connectivity index (χ1) is 8.83. The first-order valence-corrected chi connectivity index (χ1v) is 6.02. The quantitative estimate of drug-likeness (QED) is 0.887. The molecular formula is C13H14N2O3. The second-order valence-electron chi connectivity index (χ2n) is 4.43. The topological polar surface area (TPSA) is 64.2 Å². The van der Waals surface area contributed by atoms with Crippen molar-refractivity contribution in [3.8, 4) is 6.01 Å². The molecule has 0 aliphatic carbocycles. The van der Waals surface area contributed by atoms with Crippen molar-refractivity contribution < 1.29 is 9.47 Å². The normalized spacial score (nSPS) is 19.2. The minimum absolute atomic E-state index is 0.168. The highest BCUT2D eigenvalue weighted by Gasteiger charge is 2.16. The summed E-state index contributed by atoms with van der Waals surface area (Å²) in [4.78, 5) is 18.7. The molecule has 1 atom stereocenters. The molecule has 5 nitrogen and oxygen atoms in total. The van der Waals surface area contributed by atoms with Crippen LogP contribution in [0.4, 0.5) is 0 Å². The summed E-state index contributed by atoms with van der Waals surface area (Å²) in [5.41, 5.74) is 0.484. The monoisotopic (exact) mass is 246 g/mol. The summed E-state index contributed by atoms with van der Waals surface area (Å²) in [6.45, 7) is 2.04. The number of aromatic nitrogens is 2. The Morgan fingerprint density at radius 2 is 2.33 bits per heavy atom. The Bertz CT molecular complexity index is 602. The number of nitrogens with one attached hydrogen (secondary N) is 1. The van der Waals surface area contributed by atoms with Crippen LogP contribution in [0.15, 0.2) is 29.1 Å². The molecule has 94 valence electrons. The summed E-state index contributed by atoms with van der Waals surface area (Å²) < 4.78 is 10.8. The minimum atomic E-state index is -0.168. The molecule has 0 bridgehead atoms. The van der Waals surface area contributed by atoms with E-state index in [-0.39, 0.29) is 11.6 Å². The zero-order chi connectivity index (χ0) is 12.4. The number of nitrogens with zero attached hydrogens (tertiary/aromatic N) is 1. The van der Waals surface area contributed by atoms with Crippen LogP contribution in [0.2, 0.25) is 0 Å².